The van der Waals surface area contributed by atoms with E-state index in [-0.39, 0.29) is 0 Å². The van der Waals surface area contributed by atoms with Gasteiger partial charge >= 0.3 is 6.03 Å². The minimum Gasteiger partial charge on any atom is -0.389 e. The zero-order valence-corrected chi connectivity index (χ0v) is 11.0. The SMILES string of the molecule is CCNC(=O)NC(=O)C(C)NCC(C)(O)CC. The first kappa shape index (κ1) is 15.9. The van der Waals surface area contributed by atoms with Gasteiger partial charge in [0.05, 0.1) is 11.6 Å². The molecule has 100 valence electrons. The summed E-state index contributed by atoms with van der Waals surface area (Å²) in [5, 5.41) is 17.3. The number of amides is 3. The Balaban J connectivity index is 4.02. The van der Waals surface area contributed by atoms with Crippen LogP contribution in [0.5, 0.6) is 0 Å². The third kappa shape index (κ3) is 6.91. The topological polar surface area (TPSA) is 90.5 Å². The summed E-state index contributed by atoms with van der Waals surface area (Å²) < 4.78 is 0. The number of imide groups is 1. The quantitative estimate of drug-likeness (QED) is 0.529. The Morgan fingerprint density at radius 3 is 2.41 bits per heavy atom. The van der Waals surface area contributed by atoms with Crippen molar-refractivity contribution in [1.29, 1.82) is 0 Å². The van der Waals surface area contributed by atoms with Gasteiger partial charge in [0.25, 0.3) is 0 Å². The Bertz CT molecular complexity index is 267. The first-order valence-electron chi connectivity index (χ1n) is 5.86. The van der Waals surface area contributed by atoms with Crippen molar-refractivity contribution in [3.05, 3.63) is 0 Å². The Hall–Kier alpha value is -1.14. The van der Waals surface area contributed by atoms with Crippen LogP contribution in [0.1, 0.15) is 34.1 Å². The van der Waals surface area contributed by atoms with E-state index in [1.165, 1.54) is 0 Å². The predicted molar refractivity (Wildman–Crippen MR) is 65.6 cm³/mol. The number of aliphatic hydroxyl groups is 1. The predicted octanol–water partition coefficient (Wildman–Crippen LogP) is -0.0288. The van der Waals surface area contributed by atoms with Crippen molar-refractivity contribution in [1.82, 2.24) is 16.0 Å². The molecule has 2 unspecified atom stereocenters. The monoisotopic (exact) mass is 245 g/mol. The molecule has 0 spiro atoms. The lowest BCUT2D eigenvalue weighted by Gasteiger charge is -2.24. The third-order valence-corrected chi connectivity index (χ3v) is 2.52. The lowest BCUT2D eigenvalue weighted by Crippen LogP contribution is -2.51. The molecular formula is C11H23N3O3. The van der Waals surface area contributed by atoms with Gasteiger partial charge in [0.15, 0.2) is 0 Å². The summed E-state index contributed by atoms with van der Waals surface area (Å²) in [5.41, 5.74) is -0.847. The van der Waals surface area contributed by atoms with Gasteiger partial charge in [-0.2, -0.15) is 0 Å². The van der Waals surface area contributed by atoms with Crippen LogP contribution in [0.15, 0.2) is 0 Å². The second kappa shape index (κ2) is 7.24. The molecule has 4 N–H and O–H groups in total. The minimum atomic E-state index is -0.847. The molecule has 0 fully saturated rings. The van der Waals surface area contributed by atoms with Crippen molar-refractivity contribution in [2.75, 3.05) is 13.1 Å². The molecule has 0 saturated heterocycles. The number of carbonyl (C=O) groups is 2. The van der Waals surface area contributed by atoms with E-state index in [2.05, 4.69) is 16.0 Å². The largest absolute Gasteiger partial charge is 0.389 e. The average Bonchev–Trinajstić information content (AvgIpc) is 2.26. The van der Waals surface area contributed by atoms with Crippen molar-refractivity contribution in [2.24, 2.45) is 0 Å². The molecule has 0 radical (unpaired) electrons. The van der Waals surface area contributed by atoms with Crippen LogP contribution in [0.2, 0.25) is 0 Å². The second-order valence-electron chi connectivity index (χ2n) is 4.30. The van der Waals surface area contributed by atoms with Gasteiger partial charge in [-0.05, 0) is 27.2 Å². The third-order valence-electron chi connectivity index (χ3n) is 2.52. The van der Waals surface area contributed by atoms with Crippen molar-refractivity contribution in [3.8, 4) is 0 Å². The molecule has 6 heteroatoms. The molecule has 0 saturated carbocycles. The van der Waals surface area contributed by atoms with E-state index < -0.39 is 23.6 Å². The summed E-state index contributed by atoms with van der Waals surface area (Å²) in [4.78, 5) is 22.6. The van der Waals surface area contributed by atoms with Gasteiger partial charge in [0, 0.05) is 13.1 Å². The lowest BCUT2D eigenvalue weighted by atomic mass is 10.0. The highest BCUT2D eigenvalue weighted by Gasteiger charge is 2.21. The molecule has 0 aromatic carbocycles. The van der Waals surface area contributed by atoms with Crippen LogP contribution in [0.3, 0.4) is 0 Å². The van der Waals surface area contributed by atoms with Crippen molar-refractivity contribution < 1.29 is 14.7 Å². The normalized spacial score (nSPS) is 15.8. The summed E-state index contributed by atoms with van der Waals surface area (Å²) >= 11 is 0. The van der Waals surface area contributed by atoms with Gasteiger partial charge in [-0.3, -0.25) is 10.1 Å². The van der Waals surface area contributed by atoms with Gasteiger partial charge in [0.2, 0.25) is 5.91 Å². The van der Waals surface area contributed by atoms with Crippen LogP contribution >= 0.6 is 0 Å². The Morgan fingerprint density at radius 1 is 1.35 bits per heavy atom. The number of rotatable bonds is 6. The standard InChI is InChI=1S/C11H23N3O3/c1-5-11(4,17)7-13-8(3)9(15)14-10(16)12-6-2/h8,13,17H,5-7H2,1-4H3,(H2,12,14,15,16). The molecule has 0 heterocycles. The van der Waals surface area contributed by atoms with E-state index in [0.29, 0.717) is 19.5 Å². The van der Waals surface area contributed by atoms with Gasteiger partial charge < -0.3 is 15.7 Å². The van der Waals surface area contributed by atoms with Gasteiger partial charge in [-0.25, -0.2) is 4.79 Å². The van der Waals surface area contributed by atoms with Crippen LogP contribution in [-0.4, -0.2) is 41.8 Å². The molecule has 3 amide bonds. The van der Waals surface area contributed by atoms with E-state index in [4.69, 9.17) is 0 Å². The summed E-state index contributed by atoms with van der Waals surface area (Å²) in [6, 6.07) is -1.04. The highest BCUT2D eigenvalue weighted by atomic mass is 16.3. The average molecular weight is 245 g/mol. The molecule has 0 aliphatic heterocycles. The fourth-order valence-corrected chi connectivity index (χ4v) is 1.02. The Kier molecular flexibility index (Phi) is 6.75. The Morgan fingerprint density at radius 2 is 1.94 bits per heavy atom. The van der Waals surface area contributed by atoms with Crippen molar-refractivity contribution in [2.45, 2.75) is 45.8 Å². The van der Waals surface area contributed by atoms with Gasteiger partial charge in [0.1, 0.15) is 0 Å². The van der Waals surface area contributed by atoms with Crippen LogP contribution in [0.25, 0.3) is 0 Å². The van der Waals surface area contributed by atoms with Crippen LogP contribution in [0, 0.1) is 0 Å². The summed E-state index contributed by atoms with van der Waals surface area (Å²) in [6.45, 7) is 7.72. The lowest BCUT2D eigenvalue weighted by molar-refractivity contribution is -0.121. The molecule has 17 heavy (non-hydrogen) atoms. The number of hydrogen-bond acceptors (Lipinski definition) is 4. The number of nitrogens with one attached hydrogen (secondary N) is 3. The van der Waals surface area contributed by atoms with Crippen molar-refractivity contribution in [3.63, 3.8) is 0 Å². The minimum absolute atomic E-state index is 0.299. The molecule has 0 aromatic heterocycles. The number of urea groups is 1. The first-order valence-corrected chi connectivity index (χ1v) is 5.86. The molecule has 0 aromatic rings. The summed E-state index contributed by atoms with van der Waals surface area (Å²) in [6.07, 6.45) is 0.588. The summed E-state index contributed by atoms with van der Waals surface area (Å²) in [7, 11) is 0. The van der Waals surface area contributed by atoms with Crippen LogP contribution < -0.4 is 16.0 Å². The zero-order valence-electron chi connectivity index (χ0n) is 11.0. The molecule has 2 atom stereocenters. The maximum atomic E-state index is 11.5. The Labute approximate surface area is 102 Å². The number of hydrogen-bond donors (Lipinski definition) is 4. The maximum Gasteiger partial charge on any atom is 0.321 e. The smallest absolute Gasteiger partial charge is 0.321 e. The summed E-state index contributed by atoms with van der Waals surface area (Å²) in [5.74, 6) is -0.414. The van der Waals surface area contributed by atoms with Crippen LogP contribution in [0.4, 0.5) is 4.79 Å². The molecule has 0 rings (SSSR count). The van der Waals surface area contributed by atoms with E-state index in [9.17, 15) is 14.7 Å². The van der Waals surface area contributed by atoms with E-state index in [0.717, 1.165) is 0 Å². The van der Waals surface area contributed by atoms with Gasteiger partial charge in [-0.15, -0.1) is 0 Å². The second-order valence-corrected chi connectivity index (χ2v) is 4.30. The number of carbonyl (C=O) groups excluding carboxylic acids is 2. The fourth-order valence-electron chi connectivity index (χ4n) is 1.02. The molecule has 6 nitrogen and oxygen atoms in total. The fraction of sp³-hybridized carbons (Fsp3) is 0.818. The highest BCUT2D eigenvalue weighted by Crippen LogP contribution is 2.06. The first-order chi connectivity index (χ1) is 7.82. The zero-order chi connectivity index (χ0) is 13.5. The maximum absolute atomic E-state index is 11.5. The van der Waals surface area contributed by atoms with Gasteiger partial charge in [-0.1, -0.05) is 6.92 Å². The molecule has 0 aliphatic rings. The molecule has 0 aliphatic carbocycles. The molecular weight excluding hydrogens is 222 g/mol. The highest BCUT2D eigenvalue weighted by molar-refractivity contribution is 5.96. The van der Waals surface area contributed by atoms with Crippen molar-refractivity contribution >= 4 is 11.9 Å². The van der Waals surface area contributed by atoms with E-state index >= 15 is 0 Å². The van der Waals surface area contributed by atoms with E-state index in [1.807, 2.05) is 6.92 Å². The van der Waals surface area contributed by atoms with E-state index in [1.54, 1.807) is 20.8 Å². The van der Waals surface area contributed by atoms with Crippen LogP contribution in [-0.2, 0) is 4.79 Å². The molecule has 0 bridgehead atoms.